The molecule has 1 saturated heterocycles. The number of hydrogen-bond acceptors (Lipinski definition) is 1. The Morgan fingerprint density at radius 3 is 2.46 bits per heavy atom. The molecule has 2 rings (SSSR count). The predicted octanol–water partition coefficient (Wildman–Crippen LogP) is 2.17. The molecule has 0 amide bonds. The zero-order valence-corrected chi connectivity index (χ0v) is 17.8. The van der Waals surface area contributed by atoms with Gasteiger partial charge < -0.3 is 15.0 Å². The second-order valence-corrected chi connectivity index (χ2v) is 8.95. The number of benzene rings is 1. The lowest BCUT2D eigenvalue weighted by molar-refractivity contribution is -0.898. The normalized spacial score (nSPS) is 23.9. The molecule has 0 aliphatic carbocycles. The first kappa shape index (κ1) is 21.4. The van der Waals surface area contributed by atoms with Crippen LogP contribution in [0.4, 0.5) is 0 Å². The summed E-state index contributed by atoms with van der Waals surface area (Å²) in [5.74, 6) is 0. The van der Waals surface area contributed by atoms with Gasteiger partial charge in [0, 0.05) is 24.9 Å². The van der Waals surface area contributed by atoms with Gasteiger partial charge in [-0.3, -0.25) is 0 Å². The number of rotatable bonds is 10. The smallest absolute Gasteiger partial charge is 0.0839 e. The van der Waals surface area contributed by atoms with Gasteiger partial charge in [0.2, 0.25) is 0 Å². The van der Waals surface area contributed by atoms with E-state index in [1.807, 2.05) is 0 Å². The Labute approximate surface area is 161 Å². The molecule has 1 aliphatic heterocycles. The molecular formula is C23H42N2O+2. The topological polar surface area (TPSA) is 30.3 Å². The molecule has 148 valence electrons. The summed E-state index contributed by atoms with van der Waals surface area (Å²) in [6.07, 6.45) is 4.81. The summed E-state index contributed by atoms with van der Waals surface area (Å²) in [7, 11) is 0. The number of nitrogens with one attached hydrogen (secondary N) is 1. The zero-order chi connectivity index (χ0) is 19.0. The van der Waals surface area contributed by atoms with Crippen LogP contribution >= 0.6 is 0 Å². The summed E-state index contributed by atoms with van der Waals surface area (Å²) in [5.41, 5.74) is 1.73. The van der Waals surface area contributed by atoms with E-state index >= 15 is 0 Å². The van der Waals surface area contributed by atoms with E-state index in [4.69, 9.17) is 4.74 Å². The molecule has 1 heterocycles. The molecule has 26 heavy (non-hydrogen) atoms. The van der Waals surface area contributed by atoms with E-state index in [0.717, 1.165) is 19.4 Å². The van der Waals surface area contributed by atoms with Gasteiger partial charge in [-0.15, -0.1) is 0 Å². The quantitative estimate of drug-likeness (QED) is 0.614. The summed E-state index contributed by atoms with van der Waals surface area (Å²) in [6.45, 7) is 17.4. The van der Waals surface area contributed by atoms with Crippen LogP contribution in [0.25, 0.3) is 0 Å². The first-order valence-corrected chi connectivity index (χ1v) is 10.8. The van der Waals surface area contributed by atoms with Crippen molar-refractivity contribution in [3.05, 3.63) is 35.9 Å². The van der Waals surface area contributed by atoms with Crippen molar-refractivity contribution in [2.45, 2.75) is 77.4 Å². The Kier molecular flexibility index (Phi) is 8.12. The minimum absolute atomic E-state index is 0.0279. The van der Waals surface area contributed by atoms with Crippen LogP contribution in [0.5, 0.6) is 0 Å². The number of quaternary nitrogens is 2. The molecule has 0 unspecified atom stereocenters. The van der Waals surface area contributed by atoms with Crippen LogP contribution in [0.2, 0.25) is 0 Å². The highest BCUT2D eigenvalue weighted by Crippen LogP contribution is 2.44. The van der Waals surface area contributed by atoms with Gasteiger partial charge >= 0.3 is 0 Å². The van der Waals surface area contributed by atoms with Gasteiger partial charge in [0.25, 0.3) is 0 Å². The largest absolute Gasteiger partial charge is 0.376 e. The molecule has 3 nitrogen and oxygen atoms in total. The van der Waals surface area contributed by atoms with Crippen molar-refractivity contribution in [2.75, 3.05) is 32.8 Å². The van der Waals surface area contributed by atoms with E-state index < -0.39 is 0 Å². The van der Waals surface area contributed by atoms with Crippen LogP contribution in [0, 0.1) is 0 Å². The number of nitrogens with two attached hydrogens (primary N) is 1. The highest BCUT2D eigenvalue weighted by Gasteiger charge is 2.43. The van der Waals surface area contributed by atoms with Crippen molar-refractivity contribution in [3.8, 4) is 0 Å². The fourth-order valence-corrected chi connectivity index (χ4v) is 4.86. The maximum atomic E-state index is 6.06. The Morgan fingerprint density at radius 2 is 1.85 bits per heavy atom. The fraction of sp³-hybridized carbons (Fsp3) is 0.739. The van der Waals surface area contributed by atoms with Gasteiger partial charge in [-0.2, -0.15) is 0 Å². The lowest BCUT2D eigenvalue weighted by atomic mass is 9.66. The van der Waals surface area contributed by atoms with Crippen molar-refractivity contribution in [3.63, 3.8) is 0 Å². The molecule has 0 bridgehead atoms. The van der Waals surface area contributed by atoms with Crippen molar-refractivity contribution in [1.29, 1.82) is 0 Å². The molecule has 1 fully saturated rings. The lowest BCUT2D eigenvalue weighted by Gasteiger charge is -2.46. The second-order valence-electron chi connectivity index (χ2n) is 8.95. The molecule has 0 aromatic heterocycles. The maximum Gasteiger partial charge on any atom is 0.0839 e. The summed E-state index contributed by atoms with van der Waals surface area (Å²) < 4.78 is 6.06. The molecule has 1 aliphatic rings. The molecule has 3 heteroatoms. The third-order valence-electron chi connectivity index (χ3n) is 6.24. The molecule has 2 atom stereocenters. The highest BCUT2D eigenvalue weighted by atomic mass is 16.5. The predicted molar refractivity (Wildman–Crippen MR) is 110 cm³/mol. The van der Waals surface area contributed by atoms with E-state index in [-0.39, 0.29) is 11.0 Å². The van der Waals surface area contributed by atoms with E-state index in [0.29, 0.717) is 6.04 Å². The molecule has 3 N–H and O–H groups in total. The summed E-state index contributed by atoms with van der Waals surface area (Å²) in [5, 5.41) is 2.58. The number of ether oxygens (including phenoxy) is 1. The summed E-state index contributed by atoms with van der Waals surface area (Å²) in [4.78, 5) is 1.72. The highest BCUT2D eigenvalue weighted by molar-refractivity contribution is 5.27. The van der Waals surface area contributed by atoms with E-state index in [2.05, 4.69) is 70.3 Å². The Bertz CT molecular complexity index is 512. The average molecular weight is 363 g/mol. The molecule has 0 spiro atoms. The third kappa shape index (κ3) is 6.07. The summed E-state index contributed by atoms with van der Waals surface area (Å²) >= 11 is 0. The number of hydrogen-bond donors (Lipinski definition) is 2. The first-order valence-electron chi connectivity index (χ1n) is 10.8. The monoisotopic (exact) mass is 362 g/mol. The van der Waals surface area contributed by atoms with Crippen LogP contribution in [0.1, 0.15) is 65.9 Å². The van der Waals surface area contributed by atoms with E-state index in [9.17, 15) is 0 Å². The van der Waals surface area contributed by atoms with Gasteiger partial charge in [0.15, 0.2) is 0 Å². The van der Waals surface area contributed by atoms with Crippen LogP contribution in [-0.2, 0) is 10.2 Å². The second kappa shape index (κ2) is 9.87. The SMILES string of the molecule is CC[NH+](CC)CCC[NH2+][C@@H](C)C[C@]1(c2ccccc2)CCOC(C)(C)C1. The molecule has 1 aromatic rings. The van der Waals surface area contributed by atoms with Crippen LogP contribution in [-0.4, -0.2) is 44.4 Å². The molecule has 0 saturated carbocycles. The fourth-order valence-electron chi connectivity index (χ4n) is 4.86. The van der Waals surface area contributed by atoms with Crippen LogP contribution in [0.15, 0.2) is 30.3 Å². The zero-order valence-electron chi connectivity index (χ0n) is 17.8. The Balaban J connectivity index is 1.97. The van der Waals surface area contributed by atoms with Crippen molar-refractivity contribution in [1.82, 2.24) is 0 Å². The maximum absolute atomic E-state index is 6.06. The van der Waals surface area contributed by atoms with Crippen molar-refractivity contribution < 1.29 is 15.0 Å². The van der Waals surface area contributed by atoms with Gasteiger partial charge in [-0.05, 0) is 53.0 Å². The van der Waals surface area contributed by atoms with Gasteiger partial charge in [-0.1, -0.05) is 30.3 Å². The van der Waals surface area contributed by atoms with Gasteiger partial charge in [0.1, 0.15) is 0 Å². The standard InChI is InChI=1S/C23H40N2O/c1-6-25(7-2)16-11-15-24-20(3)18-23(21-12-9-8-10-13-21)14-17-26-22(4,5)19-23/h8-10,12-13,20,24H,6-7,11,14-19H2,1-5H3/p+2/t20-,23+/m0/s1. The van der Waals surface area contributed by atoms with Gasteiger partial charge in [-0.25, -0.2) is 0 Å². The summed E-state index contributed by atoms with van der Waals surface area (Å²) in [6, 6.07) is 11.8. The van der Waals surface area contributed by atoms with Crippen molar-refractivity contribution >= 4 is 0 Å². The third-order valence-corrected chi connectivity index (χ3v) is 6.24. The van der Waals surface area contributed by atoms with Crippen LogP contribution in [0.3, 0.4) is 0 Å². The van der Waals surface area contributed by atoms with E-state index in [1.165, 1.54) is 44.6 Å². The van der Waals surface area contributed by atoms with Crippen LogP contribution < -0.4 is 10.2 Å². The van der Waals surface area contributed by atoms with Gasteiger partial charge in [0.05, 0.1) is 37.8 Å². The molecular weight excluding hydrogens is 320 g/mol. The first-order chi connectivity index (χ1) is 12.4. The minimum atomic E-state index is -0.0279. The Hall–Kier alpha value is -0.900. The minimum Gasteiger partial charge on any atom is -0.376 e. The molecule has 1 aromatic carbocycles. The molecule has 0 radical (unpaired) electrons. The lowest BCUT2D eigenvalue weighted by Crippen LogP contribution is -3.11. The average Bonchev–Trinajstić information content (AvgIpc) is 2.62. The van der Waals surface area contributed by atoms with E-state index in [1.54, 1.807) is 4.90 Å². The van der Waals surface area contributed by atoms with Crippen molar-refractivity contribution in [2.24, 2.45) is 0 Å². The Morgan fingerprint density at radius 1 is 1.15 bits per heavy atom.